The molecule has 0 saturated heterocycles. The molecule has 0 bridgehead atoms. The fourth-order valence-electron chi connectivity index (χ4n) is 1.04. The highest BCUT2D eigenvalue weighted by molar-refractivity contribution is 5.88. The molecule has 0 heterocycles. The van der Waals surface area contributed by atoms with Gasteiger partial charge < -0.3 is 5.11 Å². The smallest absolute Gasteiger partial charge is 0.409 e. The molecule has 0 unspecified atom stereocenters. The Morgan fingerprint density at radius 1 is 1.56 bits per heavy atom. The molecule has 7 nitrogen and oxygen atoms in total. The van der Waals surface area contributed by atoms with Crippen molar-refractivity contribution in [1.29, 1.82) is 0 Å². The molecule has 1 aromatic rings. The molecule has 0 fully saturated rings. The summed E-state index contributed by atoms with van der Waals surface area (Å²) in [5.74, 6) is -1.13. The highest BCUT2D eigenvalue weighted by Gasteiger charge is 2.18. The predicted molar refractivity (Wildman–Crippen MR) is 50.1 cm³/mol. The first-order valence-electron chi connectivity index (χ1n) is 3.88. The number of rotatable bonds is 3. The van der Waals surface area contributed by atoms with E-state index in [4.69, 9.17) is 5.11 Å². The van der Waals surface area contributed by atoms with E-state index >= 15 is 0 Å². The van der Waals surface area contributed by atoms with Gasteiger partial charge >= 0.3 is 6.09 Å². The molecule has 2 N–H and O–H groups in total. The summed E-state index contributed by atoms with van der Waals surface area (Å²) in [6.07, 6.45) is -1.39. The van der Waals surface area contributed by atoms with Gasteiger partial charge in [-0.05, 0) is 6.07 Å². The first-order valence-corrected chi connectivity index (χ1v) is 3.88. The molecule has 1 aromatic carbocycles. The monoisotopic (exact) mass is 228 g/mol. The maximum absolute atomic E-state index is 13.1. The van der Waals surface area contributed by atoms with Crippen molar-refractivity contribution in [3.63, 3.8) is 0 Å². The zero-order valence-corrected chi connectivity index (χ0v) is 7.64. The van der Waals surface area contributed by atoms with Gasteiger partial charge in [-0.15, -0.1) is 0 Å². The van der Waals surface area contributed by atoms with Crippen LogP contribution in [-0.2, 0) is 0 Å². The number of nitrogens with one attached hydrogen (secondary N) is 1. The van der Waals surface area contributed by atoms with Crippen LogP contribution in [0.1, 0.15) is 10.4 Å². The molecular weight excluding hydrogens is 223 g/mol. The number of amides is 1. The van der Waals surface area contributed by atoms with Crippen LogP contribution >= 0.6 is 0 Å². The molecule has 0 atom stereocenters. The van der Waals surface area contributed by atoms with Crippen LogP contribution in [-0.4, -0.2) is 22.4 Å². The zero-order valence-electron chi connectivity index (χ0n) is 7.64. The average Bonchev–Trinajstić information content (AvgIpc) is 2.19. The summed E-state index contributed by atoms with van der Waals surface area (Å²) in [5.41, 5.74) is -1.64. The second-order valence-corrected chi connectivity index (χ2v) is 2.70. The molecule has 0 aliphatic rings. The fourth-order valence-corrected chi connectivity index (χ4v) is 1.04. The van der Waals surface area contributed by atoms with Gasteiger partial charge in [-0.25, -0.2) is 9.18 Å². The van der Waals surface area contributed by atoms with Crippen molar-refractivity contribution < 1.29 is 24.0 Å². The van der Waals surface area contributed by atoms with Gasteiger partial charge in [-0.3, -0.25) is 20.2 Å². The highest BCUT2D eigenvalue weighted by atomic mass is 19.1. The van der Waals surface area contributed by atoms with E-state index in [1.165, 1.54) is 0 Å². The summed E-state index contributed by atoms with van der Waals surface area (Å²) in [7, 11) is 0. The second-order valence-electron chi connectivity index (χ2n) is 2.70. The molecule has 8 heteroatoms. The Morgan fingerprint density at radius 3 is 2.62 bits per heavy atom. The quantitative estimate of drug-likeness (QED) is 0.464. The van der Waals surface area contributed by atoms with E-state index in [1.54, 1.807) is 5.32 Å². The lowest BCUT2D eigenvalue weighted by Gasteiger charge is -2.03. The number of halogens is 1. The lowest BCUT2D eigenvalue weighted by molar-refractivity contribution is -0.385. The van der Waals surface area contributed by atoms with Crippen molar-refractivity contribution in [2.45, 2.75) is 0 Å². The van der Waals surface area contributed by atoms with Crippen molar-refractivity contribution in [2.24, 2.45) is 0 Å². The van der Waals surface area contributed by atoms with E-state index in [0.717, 1.165) is 6.07 Å². The third-order valence-corrected chi connectivity index (χ3v) is 1.68. The Hall–Kier alpha value is -2.51. The molecule has 84 valence electrons. The van der Waals surface area contributed by atoms with E-state index in [2.05, 4.69) is 0 Å². The number of hydrogen-bond donors (Lipinski definition) is 2. The van der Waals surface area contributed by atoms with Crippen molar-refractivity contribution >= 4 is 23.8 Å². The number of anilines is 1. The number of nitrogens with zero attached hydrogens (tertiary/aromatic N) is 1. The Kier molecular flexibility index (Phi) is 3.14. The zero-order chi connectivity index (χ0) is 12.3. The van der Waals surface area contributed by atoms with Crippen LogP contribution in [0.4, 0.5) is 20.6 Å². The highest BCUT2D eigenvalue weighted by Crippen LogP contribution is 2.24. The van der Waals surface area contributed by atoms with Crippen molar-refractivity contribution in [1.82, 2.24) is 0 Å². The minimum Gasteiger partial charge on any atom is -0.465 e. The lowest BCUT2D eigenvalue weighted by atomic mass is 10.1. The van der Waals surface area contributed by atoms with Crippen LogP contribution in [0.15, 0.2) is 12.1 Å². The molecule has 0 spiro atoms. The Labute approximate surface area is 87.6 Å². The average molecular weight is 228 g/mol. The standard InChI is InChI=1S/C8H5FN2O5/c9-5-2-7(11(15)16)4(3-12)1-6(5)10-8(13)14/h1-3,10H,(H,13,14). The van der Waals surface area contributed by atoms with Gasteiger partial charge in [0.05, 0.1) is 22.2 Å². The fraction of sp³-hybridized carbons (Fsp3) is 0. The van der Waals surface area contributed by atoms with Crippen molar-refractivity contribution in [3.8, 4) is 0 Å². The maximum Gasteiger partial charge on any atom is 0.409 e. The van der Waals surface area contributed by atoms with Crippen LogP contribution in [0, 0.1) is 15.9 Å². The SMILES string of the molecule is O=Cc1cc(NC(=O)O)c(F)cc1[N+](=O)[O-]. The topological polar surface area (TPSA) is 110 Å². The normalized spacial score (nSPS) is 9.56. The summed E-state index contributed by atoms with van der Waals surface area (Å²) in [6.45, 7) is 0. The molecule has 1 amide bonds. The third kappa shape index (κ3) is 2.29. The summed E-state index contributed by atoms with van der Waals surface area (Å²) in [4.78, 5) is 30.2. The van der Waals surface area contributed by atoms with Crippen molar-refractivity contribution in [3.05, 3.63) is 33.6 Å². The van der Waals surface area contributed by atoms with Gasteiger partial charge in [0, 0.05) is 0 Å². The van der Waals surface area contributed by atoms with Gasteiger partial charge in [0.2, 0.25) is 0 Å². The van der Waals surface area contributed by atoms with Crippen LogP contribution < -0.4 is 5.32 Å². The third-order valence-electron chi connectivity index (χ3n) is 1.68. The van der Waals surface area contributed by atoms with E-state index < -0.39 is 33.8 Å². The predicted octanol–water partition coefficient (Wildman–Crippen LogP) is 1.64. The number of nitro groups is 1. The van der Waals surface area contributed by atoms with Crippen molar-refractivity contribution in [2.75, 3.05) is 5.32 Å². The Bertz CT molecular complexity index is 474. The number of nitro benzene ring substituents is 1. The van der Waals surface area contributed by atoms with Crippen LogP contribution in [0.25, 0.3) is 0 Å². The number of benzene rings is 1. The summed E-state index contributed by atoms with van der Waals surface area (Å²) < 4.78 is 13.1. The molecule has 16 heavy (non-hydrogen) atoms. The molecule has 0 radical (unpaired) electrons. The molecule has 0 aliphatic carbocycles. The van der Waals surface area contributed by atoms with E-state index in [-0.39, 0.29) is 6.29 Å². The minimum absolute atomic E-state index is 0.143. The Balaban J connectivity index is 3.30. The number of hydrogen-bond acceptors (Lipinski definition) is 4. The van der Waals surface area contributed by atoms with Crippen LogP contribution in [0.5, 0.6) is 0 Å². The molecule has 0 aliphatic heterocycles. The summed E-state index contributed by atoms with van der Waals surface area (Å²) in [5, 5.41) is 20.4. The van der Waals surface area contributed by atoms with Crippen LogP contribution in [0.2, 0.25) is 0 Å². The van der Waals surface area contributed by atoms with E-state index in [0.29, 0.717) is 6.07 Å². The van der Waals surface area contributed by atoms with E-state index in [9.17, 15) is 24.1 Å². The first kappa shape index (κ1) is 11.6. The minimum atomic E-state index is -1.54. The Morgan fingerprint density at radius 2 is 2.19 bits per heavy atom. The largest absolute Gasteiger partial charge is 0.465 e. The van der Waals surface area contributed by atoms with Gasteiger partial charge in [-0.1, -0.05) is 0 Å². The molecular formula is C8H5FN2O5. The molecule has 1 rings (SSSR count). The maximum atomic E-state index is 13.1. The van der Waals surface area contributed by atoms with Gasteiger partial charge in [0.25, 0.3) is 5.69 Å². The van der Waals surface area contributed by atoms with E-state index in [1.807, 2.05) is 0 Å². The molecule has 0 saturated carbocycles. The molecule has 0 aromatic heterocycles. The van der Waals surface area contributed by atoms with Gasteiger partial charge in [-0.2, -0.15) is 0 Å². The number of carbonyl (C=O) groups is 2. The number of aldehydes is 1. The van der Waals surface area contributed by atoms with Crippen LogP contribution in [0.3, 0.4) is 0 Å². The van der Waals surface area contributed by atoms with Gasteiger partial charge in [0.1, 0.15) is 0 Å². The second kappa shape index (κ2) is 4.34. The first-order chi connectivity index (χ1) is 7.45. The van der Waals surface area contributed by atoms with Gasteiger partial charge in [0.15, 0.2) is 12.1 Å². The number of carbonyl (C=O) groups excluding carboxylic acids is 1. The lowest BCUT2D eigenvalue weighted by Crippen LogP contribution is -2.10. The number of carboxylic acid groups (broad SMARTS) is 1. The summed E-state index contributed by atoms with van der Waals surface area (Å²) in [6, 6.07) is 1.24. The summed E-state index contributed by atoms with van der Waals surface area (Å²) >= 11 is 0.